The minimum Gasteiger partial charge on any atom is -0.369 e. The van der Waals surface area contributed by atoms with E-state index in [0.29, 0.717) is 51.4 Å². The van der Waals surface area contributed by atoms with Gasteiger partial charge in [-0.2, -0.15) is 9.67 Å². The van der Waals surface area contributed by atoms with Crippen molar-refractivity contribution < 1.29 is 18.6 Å². The first-order valence-electron chi connectivity index (χ1n) is 16.5. The number of ketones is 2. The highest BCUT2D eigenvalue weighted by Gasteiger charge is 2.34. The van der Waals surface area contributed by atoms with E-state index >= 15 is 0 Å². The standard InChI is InChI=1S/C37H44N7O2.C2H6/c1-25-15-17-29(18-16-25)42(6)40-26(2)28-19-21-43(22-20-28)24-44(7,8)23-38-32-13-9-11-30-34(32)37(46)35-31(36(30)45)12-10-14-33(35)39-27(3)41(4)5;1-2/h9-22,27H,23-24H2,1-8H3,(H-,38,39,46);1-2H3/q+1;/p+1. The minimum atomic E-state index is -0.151. The van der Waals surface area contributed by atoms with Crippen molar-refractivity contribution >= 4 is 34.3 Å². The Labute approximate surface area is 286 Å². The topological polar surface area (TPSA) is 80.9 Å². The molecular formula is C39H51N7O2+2. The van der Waals surface area contributed by atoms with Crippen LogP contribution in [-0.2, 0) is 6.67 Å². The number of rotatable bonds is 11. The van der Waals surface area contributed by atoms with E-state index in [1.165, 1.54) is 5.56 Å². The maximum absolute atomic E-state index is 14.0. The summed E-state index contributed by atoms with van der Waals surface area (Å²) < 4.78 is 2.72. The Morgan fingerprint density at radius 3 is 1.98 bits per heavy atom. The van der Waals surface area contributed by atoms with E-state index in [0.717, 1.165) is 17.0 Å². The third kappa shape index (κ3) is 8.16. The smallest absolute Gasteiger partial charge is 0.277 e. The fraction of sp³-hybridized carbons (Fsp3) is 0.333. The van der Waals surface area contributed by atoms with Crippen molar-refractivity contribution in [3.05, 3.63) is 119 Å². The van der Waals surface area contributed by atoms with Crippen LogP contribution in [0.1, 0.15) is 70.7 Å². The molecule has 5 rings (SSSR count). The molecule has 0 saturated heterocycles. The van der Waals surface area contributed by atoms with E-state index in [1.807, 2.05) is 83.0 Å². The van der Waals surface area contributed by atoms with Crippen molar-refractivity contribution in [3.8, 4) is 0 Å². The Hall–Kier alpha value is -4.86. The second kappa shape index (κ2) is 15.4. The number of pyridine rings is 1. The Morgan fingerprint density at radius 2 is 1.40 bits per heavy atom. The molecule has 0 radical (unpaired) electrons. The van der Waals surface area contributed by atoms with Gasteiger partial charge in [0.1, 0.15) is 0 Å². The average molecular weight is 650 g/mol. The number of carbonyl (C=O) groups is 2. The molecule has 9 nitrogen and oxygen atoms in total. The Kier molecular flexibility index (Phi) is 11.5. The number of fused-ring (bicyclic) bond motifs is 2. The Morgan fingerprint density at radius 1 is 0.833 bits per heavy atom. The number of hydrazone groups is 1. The summed E-state index contributed by atoms with van der Waals surface area (Å²) in [6.45, 7) is 11.3. The molecule has 0 saturated carbocycles. The number of nitrogens with zero attached hydrogens (tertiary/aromatic N) is 5. The summed E-state index contributed by atoms with van der Waals surface area (Å²) in [5, 5.41) is 13.6. The second-order valence-corrected chi connectivity index (χ2v) is 13.0. The first kappa shape index (κ1) is 36.0. The first-order chi connectivity index (χ1) is 22.8. The molecule has 4 aromatic rings. The van der Waals surface area contributed by atoms with E-state index in [9.17, 15) is 9.59 Å². The zero-order chi connectivity index (χ0) is 35.2. The minimum absolute atomic E-state index is 0.0231. The molecule has 252 valence electrons. The van der Waals surface area contributed by atoms with Gasteiger partial charge in [0.25, 0.3) is 6.67 Å². The van der Waals surface area contributed by atoms with Gasteiger partial charge in [-0.25, -0.2) is 0 Å². The summed E-state index contributed by atoms with van der Waals surface area (Å²) >= 11 is 0. The summed E-state index contributed by atoms with van der Waals surface area (Å²) in [6.07, 6.45) is 4.10. The van der Waals surface area contributed by atoms with Gasteiger partial charge in [-0.05, 0) is 59.1 Å². The SMILES string of the molecule is C/C(=N\N(C)c1ccc(C)cc1)c1cc[n+](C[N+](C)(C)CNc2cccc3c2C(=O)c2c(NC(C)N(C)C)cccc2C3=O)cc1.CC. The molecule has 2 N–H and O–H groups in total. The lowest BCUT2D eigenvalue weighted by molar-refractivity contribution is -1.03. The molecule has 1 aliphatic carbocycles. The fourth-order valence-corrected chi connectivity index (χ4v) is 5.55. The number of benzene rings is 3. The summed E-state index contributed by atoms with van der Waals surface area (Å²) in [4.78, 5) is 29.7. The molecule has 1 aromatic heterocycles. The normalized spacial score (nSPS) is 13.3. The number of aryl methyl sites for hydroxylation is 1. The number of anilines is 3. The molecule has 0 aliphatic heterocycles. The van der Waals surface area contributed by atoms with Crippen LogP contribution in [0.25, 0.3) is 0 Å². The van der Waals surface area contributed by atoms with Crippen molar-refractivity contribution in [2.75, 3.05) is 57.5 Å². The quantitative estimate of drug-likeness (QED) is 0.0570. The van der Waals surface area contributed by atoms with Crippen LogP contribution in [0.15, 0.2) is 90.3 Å². The Bertz CT molecular complexity index is 1780. The molecule has 1 heterocycles. The fourth-order valence-electron chi connectivity index (χ4n) is 5.55. The van der Waals surface area contributed by atoms with E-state index in [2.05, 4.69) is 85.0 Å². The number of hydrogen-bond acceptors (Lipinski definition) is 7. The monoisotopic (exact) mass is 649 g/mol. The van der Waals surface area contributed by atoms with Gasteiger partial charge >= 0.3 is 0 Å². The predicted molar refractivity (Wildman–Crippen MR) is 197 cm³/mol. The predicted octanol–water partition coefficient (Wildman–Crippen LogP) is 6.37. The van der Waals surface area contributed by atoms with Crippen LogP contribution < -0.4 is 20.2 Å². The number of hydrogen-bond donors (Lipinski definition) is 2. The number of quaternary nitrogens is 1. The third-order valence-corrected chi connectivity index (χ3v) is 8.47. The molecule has 0 fully saturated rings. The average Bonchev–Trinajstić information content (AvgIpc) is 3.07. The second-order valence-electron chi connectivity index (χ2n) is 13.0. The molecule has 48 heavy (non-hydrogen) atoms. The number of carbonyl (C=O) groups excluding carboxylic acids is 2. The van der Waals surface area contributed by atoms with Crippen LogP contribution in [0.5, 0.6) is 0 Å². The molecular weight excluding hydrogens is 598 g/mol. The van der Waals surface area contributed by atoms with E-state index in [1.54, 1.807) is 12.1 Å². The van der Waals surface area contributed by atoms with E-state index < -0.39 is 0 Å². The summed E-state index contributed by atoms with van der Waals surface area (Å²) in [6, 6.07) is 23.3. The zero-order valence-electron chi connectivity index (χ0n) is 30.1. The lowest BCUT2D eigenvalue weighted by Gasteiger charge is -2.29. The number of aromatic nitrogens is 1. The largest absolute Gasteiger partial charge is 0.369 e. The highest BCUT2D eigenvalue weighted by Crippen LogP contribution is 2.36. The van der Waals surface area contributed by atoms with Crippen LogP contribution in [-0.4, -0.2) is 74.7 Å². The van der Waals surface area contributed by atoms with Crippen molar-refractivity contribution in [2.45, 2.75) is 47.5 Å². The van der Waals surface area contributed by atoms with Crippen molar-refractivity contribution in [2.24, 2.45) is 5.10 Å². The number of nitrogens with one attached hydrogen (secondary N) is 2. The van der Waals surface area contributed by atoms with Crippen LogP contribution in [0.3, 0.4) is 0 Å². The molecule has 9 heteroatoms. The highest BCUT2D eigenvalue weighted by molar-refractivity contribution is 6.31. The molecule has 0 spiro atoms. The summed E-state index contributed by atoms with van der Waals surface area (Å²) in [5.74, 6) is -0.287. The van der Waals surface area contributed by atoms with Gasteiger partial charge in [0, 0.05) is 41.6 Å². The van der Waals surface area contributed by atoms with E-state index in [4.69, 9.17) is 5.10 Å². The van der Waals surface area contributed by atoms with Crippen LogP contribution in [0, 0.1) is 6.92 Å². The maximum atomic E-state index is 14.0. The van der Waals surface area contributed by atoms with Crippen LogP contribution in [0.2, 0.25) is 0 Å². The summed E-state index contributed by atoms with van der Waals surface area (Å²) in [5.41, 5.74) is 7.27. The lowest BCUT2D eigenvalue weighted by atomic mass is 9.82. The molecule has 0 amide bonds. The van der Waals surface area contributed by atoms with Gasteiger partial charge in [-0.3, -0.25) is 24.0 Å². The lowest BCUT2D eigenvalue weighted by Crippen LogP contribution is -2.54. The van der Waals surface area contributed by atoms with Crippen LogP contribution in [0.4, 0.5) is 17.1 Å². The van der Waals surface area contributed by atoms with Gasteiger partial charge in [0.05, 0.1) is 48.5 Å². The van der Waals surface area contributed by atoms with Crippen molar-refractivity contribution in [1.82, 2.24) is 4.90 Å². The molecule has 3 aromatic carbocycles. The van der Waals surface area contributed by atoms with Crippen molar-refractivity contribution in [3.63, 3.8) is 0 Å². The van der Waals surface area contributed by atoms with Gasteiger partial charge < -0.3 is 10.6 Å². The van der Waals surface area contributed by atoms with Gasteiger partial charge in [-0.1, -0.05) is 55.8 Å². The van der Waals surface area contributed by atoms with Gasteiger partial charge in [0.2, 0.25) is 0 Å². The third-order valence-electron chi connectivity index (χ3n) is 8.47. The molecule has 1 atom stereocenters. The van der Waals surface area contributed by atoms with Crippen LogP contribution >= 0.6 is 0 Å². The Balaban J connectivity index is 0.00000255. The zero-order valence-corrected chi connectivity index (χ0v) is 30.1. The molecule has 1 aliphatic rings. The van der Waals surface area contributed by atoms with Gasteiger partial charge in [-0.15, -0.1) is 0 Å². The van der Waals surface area contributed by atoms with Gasteiger partial charge in [0.15, 0.2) is 30.6 Å². The summed E-state index contributed by atoms with van der Waals surface area (Å²) in [7, 11) is 10.1. The first-order valence-corrected chi connectivity index (χ1v) is 16.5. The molecule has 1 unspecified atom stereocenters. The van der Waals surface area contributed by atoms with Crippen molar-refractivity contribution in [1.29, 1.82) is 0 Å². The van der Waals surface area contributed by atoms with E-state index in [-0.39, 0.29) is 17.7 Å². The highest BCUT2D eigenvalue weighted by atomic mass is 16.1. The molecule has 0 bridgehead atoms. The maximum Gasteiger partial charge on any atom is 0.277 e.